The Morgan fingerprint density at radius 2 is 1.91 bits per heavy atom. The SMILES string of the molecule is OCCNCC[C@@H](Cc1ccccc1Cl)c1cccc(F)c1. The van der Waals surface area contributed by atoms with Crippen molar-refractivity contribution in [3.63, 3.8) is 0 Å². The molecule has 118 valence electrons. The Balaban J connectivity index is 2.12. The maximum absolute atomic E-state index is 13.5. The number of aliphatic hydroxyl groups is 1. The van der Waals surface area contributed by atoms with E-state index in [0.29, 0.717) is 6.54 Å². The molecule has 1 atom stereocenters. The van der Waals surface area contributed by atoms with Crippen LogP contribution in [-0.2, 0) is 6.42 Å². The average molecular weight is 322 g/mol. The number of aliphatic hydroxyl groups excluding tert-OH is 1. The van der Waals surface area contributed by atoms with Gasteiger partial charge in [-0.1, -0.05) is 41.9 Å². The van der Waals surface area contributed by atoms with Crippen molar-refractivity contribution in [2.45, 2.75) is 18.8 Å². The van der Waals surface area contributed by atoms with Crippen LogP contribution in [0.2, 0.25) is 5.02 Å². The molecule has 0 bridgehead atoms. The number of hydrogen-bond acceptors (Lipinski definition) is 2. The Bertz CT molecular complexity index is 591. The van der Waals surface area contributed by atoms with Gasteiger partial charge in [-0.25, -0.2) is 4.39 Å². The average Bonchev–Trinajstić information content (AvgIpc) is 2.52. The molecule has 0 fully saturated rings. The van der Waals surface area contributed by atoms with Gasteiger partial charge in [0.1, 0.15) is 5.82 Å². The van der Waals surface area contributed by atoms with Crippen LogP contribution in [0.5, 0.6) is 0 Å². The molecule has 0 aliphatic carbocycles. The Morgan fingerprint density at radius 1 is 1.09 bits per heavy atom. The molecule has 0 radical (unpaired) electrons. The molecular weight excluding hydrogens is 301 g/mol. The number of benzene rings is 2. The summed E-state index contributed by atoms with van der Waals surface area (Å²) in [5, 5.41) is 12.7. The molecule has 22 heavy (non-hydrogen) atoms. The quantitative estimate of drug-likeness (QED) is 0.725. The van der Waals surface area contributed by atoms with E-state index < -0.39 is 0 Å². The lowest BCUT2D eigenvalue weighted by atomic mass is 9.89. The van der Waals surface area contributed by atoms with Crippen LogP contribution in [0, 0.1) is 5.82 Å². The Kier molecular flexibility index (Phi) is 6.84. The molecule has 2 aromatic carbocycles. The number of rotatable bonds is 8. The summed E-state index contributed by atoms with van der Waals surface area (Å²) in [6.45, 7) is 1.46. The van der Waals surface area contributed by atoms with Gasteiger partial charge in [0.2, 0.25) is 0 Å². The molecule has 0 aliphatic rings. The first-order valence-corrected chi connectivity index (χ1v) is 7.89. The van der Waals surface area contributed by atoms with Gasteiger partial charge in [0.15, 0.2) is 0 Å². The normalized spacial score (nSPS) is 12.3. The van der Waals surface area contributed by atoms with Crippen LogP contribution < -0.4 is 5.32 Å². The molecule has 0 aromatic heterocycles. The fourth-order valence-corrected chi connectivity index (χ4v) is 2.77. The smallest absolute Gasteiger partial charge is 0.123 e. The van der Waals surface area contributed by atoms with E-state index in [1.54, 1.807) is 12.1 Å². The minimum Gasteiger partial charge on any atom is -0.395 e. The molecule has 2 rings (SSSR count). The van der Waals surface area contributed by atoms with Crippen LogP contribution in [0.3, 0.4) is 0 Å². The van der Waals surface area contributed by atoms with E-state index in [-0.39, 0.29) is 18.3 Å². The van der Waals surface area contributed by atoms with Gasteiger partial charge in [0.05, 0.1) is 6.61 Å². The Labute approximate surface area is 135 Å². The van der Waals surface area contributed by atoms with Crippen molar-refractivity contribution in [3.8, 4) is 0 Å². The summed E-state index contributed by atoms with van der Waals surface area (Å²) in [5.41, 5.74) is 2.05. The molecule has 0 amide bonds. The second kappa shape index (κ2) is 8.89. The molecule has 0 unspecified atom stereocenters. The third kappa shape index (κ3) is 5.09. The fraction of sp³-hybridized carbons (Fsp3) is 0.333. The van der Waals surface area contributed by atoms with Crippen LogP contribution in [0.4, 0.5) is 4.39 Å². The first-order chi connectivity index (χ1) is 10.7. The second-order valence-electron chi connectivity index (χ2n) is 5.31. The first kappa shape index (κ1) is 16.9. The Morgan fingerprint density at radius 3 is 2.64 bits per heavy atom. The minimum absolute atomic E-state index is 0.120. The van der Waals surface area contributed by atoms with E-state index in [4.69, 9.17) is 16.7 Å². The van der Waals surface area contributed by atoms with Crippen LogP contribution in [0.15, 0.2) is 48.5 Å². The minimum atomic E-state index is -0.218. The lowest BCUT2D eigenvalue weighted by molar-refractivity contribution is 0.291. The van der Waals surface area contributed by atoms with E-state index in [2.05, 4.69) is 5.32 Å². The third-order valence-electron chi connectivity index (χ3n) is 3.70. The zero-order valence-corrected chi connectivity index (χ0v) is 13.2. The van der Waals surface area contributed by atoms with Crippen LogP contribution in [0.1, 0.15) is 23.5 Å². The van der Waals surface area contributed by atoms with Crippen molar-refractivity contribution in [2.24, 2.45) is 0 Å². The third-order valence-corrected chi connectivity index (χ3v) is 4.07. The molecule has 0 saturated heterocycles. The number of nitrogens with one attached hydrogen (secondary N) is 1. The molecule has 2 nitrogen and oxygen atoms in total. The van der Waals surface area contributed by atoms with Crippen molar-refractivity contribution >= 4 is 11.6 Å². The number of halogens is 2. The zero-order chi connectivity index (χ0) is 15.8. The fourth-order valence-electron chi connectivity index (χ4n) is 2.56. The van der Waals surface area contributed by atoms with Crippen molar-refractivity contribution < 1.29 is 9.50 Å². The topological polar surface area (TPSA) is 32.3 Å². The molecule has 4 heteroatoms. The van der Waals surface area contributed by atoms with E-state index in [9.17, 15) is 4.39 Å². The maximum atomic E-state index is 13.5. The summed E-state index contributed by atoms with van der Waals surface area (Å²) in [4.78, 5) is 0. The van der Waals surface area contributed by atoms with Gasteiger partial charge in [0.25, 0.3) is 0 Å². The molecule has 0 heterocycles. The van der Waals surface area contributed by atoms with Gasteiger partial charge in [-0.05, 0) is 54.6 Å². The molecule has 0 spiro atoms. The summed E-state index contributed by atoms with van der Waals surface area (Å²) < 4.78 is 13.5. The lowest BCUT2D eigenvalue weighted by Gasteiger charge is -2.19. The van der Waals surface area contributed by atoms with Crippen molar-refractivity contribution in [3.05, 3.63) is 70.5 Å². The van der Waals surface area contributed by atoms with Crippen LogP contribution >= 0.6 is 11.6 Å². The summed E-state index contributed by atoms with van der Waals surface area (Å²) in [6.07, 6.45) is 1.62. The van der Waals surface area contributed by atoms with Crippen molar-refractivity contribution in [1.29, 1.82) is 0 Å². The summed E-state index contributed by atoms with van der Waals surface area (Å²) in [6, 6.07) is 14.5. The highest BCUT2D eigenvalue weighted by molar-refractivity contribution is 6.31. The maximum Gasteiger partial charge on any atom is 0.123 e. The van der Waals surface area contributed by atoms with Gasteiger partial charge in [-0.15, -0.1) is 0 Å². The predicted molar refractivity (Wildman–Crippen MR) is 88.9 cm³/mol. The van der Waals surface area contributed by atoms with Gasteiger partial charge in [-0.2, -0.15) is 0 Å². The molecule has 2 aromatic rings. The summed E-state index contributed by atoms with van der Waals surface area (Å²) >= 11 is 6.25. The standard InChI is InChI=1S/C18H21ClFNO/c19-18-7-2-1-4-16(18)12-15(8-9-21-10-11-22)14-5-3-6-17(20)13-14/h1-7,13,15,21-22H,8-12H2/t15-/m0/s1. The van der Waals surface area contributed by atoms with Crippen LogP contribution in [-0.4, -0.2) is 24.8 Å². The first-order valence-electron chi connectivity index (χ1n) is 7.51. The highest BCUT2D eigenvalue weighted by atomic mass is 35.5. The second-order valence-corrected chi connectivity index (χ2v) is 5.72. The highest BCUT2D eigenvalue weighted by Gasteiger charge is 2.14. The summed E-state index contributed by atoms with van der Waals surface area (Å²) in [7, 11) is 0. The highest BCUT2D eigenvalue weighted by Crippen LogP contribution is 2.27. The summed E-state index contributed by atoms with van der Waals surface area (Å²) in [5.74, 6) is -0.0354. The monoisotopic (exact) mass is 321 g/mol. The molecule has 0 saturated carbocycles. The molecule has 0 aliphatic heterocycles. The zero-order valence-electron chi connectivity index (χ0n) is 12.4. The predicted octanol–water partition coefficient (Wildman–Crippen LogP) is 3.78. The molecular formula is C18H21ClFNO. The van der Waals surface area contributed by atoms with Crippen LogP contribution in [0.25, 0.3) is 0 Å². The number of hydrogen-bond donors (Lipinski definition) is 2. The van der Waals surface area contributed by atoms with Crippen molar-refractivity contribution in [2.75, 3.05) is 19.7 Å². The van der Waals surface area contributed by atoms with Gasteiger partial charge in [0, 0.05) is 11.6 Å². The van der Waals surface area contributed by atoms with Gasteiger partial charge in [-0.3, -0.25) is 0 Å². The van der Waals surface area contributed by atoms with E-state index >= 15 is 0 Å². The van der Waals surface area contributed by atoms with Gasteiger partial charge < -0.3 is 10.4 Å². The van der Waals surface area contributed by atoms with E-state index in [1.807, 2.05) is 30.3 Å². The van der Waals surface area contributed by atoms with Gasteiger partial charge >= 0.3 is 0 Å². The molecule has 2 N–H and O–H groups in total. The Hall–Kier alpha value is -1.42. The van der Waals surface area contributed by atoms with Crippen molar-refractivity contribution in [1.82, 2.24) is 5.32 Å². The van der Waals surface area contributed by atoms with E-state index in [1.165, 1.54) is 6.07 Å². The van der Waals surface area contributed by atoms with E-state index in [0.717, 1.165) is 35.5 Å². The lowest BCUT2D eigenvalue weighted by Crippen LogP contribution is -2.21. The largest absolute Gasteiger partial charge is 0.395 e.